The molecule has 4 heterocycles. The molecule has 10 nitrogen and oxygen atoms in total. The van der Waals surface area contributed by atoms with E-state index in [4.69, 9.17) is 10.7 Å². The Labute approximate surface area is 205 Å². The van der Waals surface area contributed by atoms with E-state index >= 15 is 0 Å². The summed E-state index contributed by atoms with van der Waals surface area (Å²) < 4.78 is 13.5. The van der Waals surface area contributed by atoms with Crippen LogP contribution < -0.4 is 16.5 Å². The van der Waals surface area contributed by atoms with Gasteiger partial charge in [0.15, 0.2) is 11.7 Å². The predicted octanol–water partition coefficient (Wildman–Crippen LogP) is 2.33. The fraction of sp³-hybridized carbons (Fsp3) is 0.160. The third-order valence-electron chi connectivity index (χ3n) is 6.52. The van der Waals surface area contributed by atoms with Crippen LogP contribution in [-0.2, 0) is 16.6 Å². The summed E-state index contributed by atoms with van der Waals surface area (Å²) in [6.07, 6.45) is 2.14. The van der Waals surface area contributed by atoms with Gasteiger partial charge in [0.25, 0.3) is 0 Å². The van der Waals surface area contributed by atoms with Gasteiger partial charge in [-0.05, 0) is 42.3 Å². The molecule has 2 aromatic carbocycles. The number of aromatic nitrogens is 2. The number of nitrogens with two attached hydrogens (primary N) is 1. The van der Waals surface area contributed by atoms with Crippen LogP contribution in [0.2, 0.25) is 0 Å². The highest BCUT2D eigenvalue weighted by Gasteiger charge is 2.47. The van der Waals surface area contributed by atoms with Crippen LogP contribution in [0, 0.1) is 5.82 Å². The normalized spacial score (nSPS) is 20.3. The minimum Gasteiger partial charge on any atom is -0.508 e. The summed E-state index contributed by atoms with van der Waals surface area (Å²) >= 11 is 0. The molecule has 3 aromatic rings. The second-order valence-corrected chi connectivity index (χ2v) is 8.83. The van der Waals surface area contributed by atoms with Crippen LogP contribution in [0.3, 0.4) is 0 Å². The van der Waals surface area contributed by atoms with Crippen molar-refractivity contribution in [3.05, 3.63) is 83.1 Å². The number of hydrogen-bond donors (Lipinski definition) is 4. The van der Waals surface area contributed by atoms with E-state index in [1.807, 2.05) is 6.07 Å². The first kappa shape index (κ1) is 21.9. The zero-order valence-corrected chi connectivity index (χ0v) is 19.2. The van der Waals surface area contributed by atoms with Gasteiger partial charge in [0.1, 0.15) is 41.0 Å². The van der Waals surface area contributed by atoms with Crippen molar-refractivity contribution >= 4 is 34.8 Å². The summed E-state index contributed by atoms with van der Waals surface area (Å²) in [5.41, 5.74) is 11.3. The molecule has 0 aliphatic carbocycles. The van der Waals surface area contributed by atoms with Gasteiger partial charge in [0, 0.05) is 6.42 Å². The summed E-state index contributed by atoms with van der Waals surface area (Å²) in [6.45, 7) is 2.10. The maximum absolute atomic E-state index is 13.5. The van der Waals surface area contributed by atoms with Crippen LogP contribution in [0.1, 0.15) is 29.4 Å². The van der Waals surface area contributed by atoms with Crippen LogP contribution in [0.15, 0.2) is 64.7 Å². The standard InChI is InChI=1S/C25H21FN8O2/c1-25(14-5-7-15(26)8-6-14)19-20(27)31-21(32-22(19)33-24(25)36)18-11-34-23(28-12-29-34)17(30-18)10-13-3-2-4-16(35)9-13/h2-9,11,29,35H,10,12H2,1H3,(H3,27,31,32,33,36)/t25-/m0/s1. The molecule has 0 radical (unpaired) electrons. The number of phenolic OH excluding ortho intramolecular Hbond substituents is 1. The van der Waals surface area contributed by atoms with E-state index in [0.717, 1.165) is 5.56 Å². The lowest BCUT2D eigenvalue weighted by atomic mass is 9.78. The van der Waals surface area contributed by atoms with E-state index in [1.54, 1.807) is 48.5 Å². The van der Waals surface area contributed by atoms with Gasteiger partial charge in [-0.3, -0.25) is 9.80 Å². The van der Waals surface area contributed by atoms with Crippen molar-refractivity contribution in [1.29, 1.82) is 0 Å². The summed E-state index contributed by atoms with van der Waals surface area (Å²) in [4.78, 5) is 31.4. The van der Waals surface area contributed by atoms with E-state index < -0.39 is 11.2 Å². The number of amides is 1. The van der Waals surface area contributed by atoms with Crippen LogP contribution in [0.4, 0.5) is 16.0 Å². The van der Waals surface area contributed by atoms with E-state index in [1.165, 1.54) is 12.1 Å². The molecular formula is C25H21FN8O2. The largest absolute Gasteiger partial charge is 0.508 e. The number of phenols is 1. The average Bonchev–Trinajstić information content (AvgIpc) is 3.42. The number of hydrogen-bond acceptors (Lipinski definition) is 9. The van der Waals surface area contributed by atoms with E-state index in [2.05, 4.69) is 25.7 Å². The highest BCUT2D eigenvalue weighted by molar-refractivity contribution is 6.43. The number of fused-ring (bicyclic) bond motifs is 2. The van der Waals surface area contributed by atoms with Crippen LogP contribution in [-0.4, -0.2) is 44.2 Å². The second kappa shape index (κ2) is 7.95. The monoisotopic (exact) mass is 484 g/mol. The Bertz CT molecular complexity index is 1510. The molecular weight excluding hydrogens is 463 g/mol. The molecule has 11 heteroatoms. The number of anilines is 2. The molecule has 1 amide bonds. The van der Waals surface area contributed by atoms with E-state index in [9.17, 15) is 14.3 Å². The number of nitrogens with one attached hydrogen (secondary N) is 2. The van der Waals surface area contributed by atoms with Crippen molar-refractivity contribution in [1.82, 2.24) is 20.4 Å². The van der Waals surface area contributed by atoms with Crippen molar-refractivity contribution in [2.45, 2.75) is 18.8 Å². The Morgan fingerprint density at radius 3 is 2.78 bits per heavy atom. The lowest BCUT2D eigenvalue weighted by Gasteiger charge is -2.24. The Morgan fingerprint density at radius 1 is 1.19 bits per heavy atom. The number of benzene rings is 2. The second-order valence-electron chi connectivity index (χ2n) is 8.83. The van der Waals surface area contributed by atoms with E-state index in [-0.39, 0.29) is 29.1 Å². The number of carbonyl (C=O) groups excluding carboxylic acids is 1. The molecule has 180 valence electrons. The summed E-state index contributed by atoms with van der Waals surface area (Å²) in [5, 5.41) is 14.4. The van der Waals surface area contributed by atoms with Crippen LogP contribution in [0.5, 0.6) is 5.75 Å². The van der Waals surface area contributed by atoms with Crippen molar-refractivity contribution in [3.63, 3.8) is 0 Å². The van der Waals surface area contributed by atoms with Crippen LogP contribution >= 0.6 is 0 Å². The third-order valence-corrected chi connectivity index (χ3v) is 6.52. The quantitative estimate of drug-likeness (QED) is 0.445. The minimum atomic E-state index is -1.17. The molecule has 0 saturated heterocycles. The number of hydrazine groups is 1. The minimum absolute atomic E-state index is 0.125. The molecule has 6 rings (SSSR count). The van der Waals surface area contributed by atoms with Gasteiger partial charge in [-0.25, -0.2) is 29.8 Å². The average molecular weight is 484 g/mol. The maximum Gasteiger partial charge on any atom is 0.240 e. The van der Waals surface area contributed by atoms with Gasteiger partial charge >= 0.3 is 0 Å². The van der Waals surface area contributed by atoms with Gasteiger partial charge in [0.2, 0.25) is 5.91 Å². The topological polar surface area (TPSA) is 141 Å². The predicted molar refractivity (Wildman–Crippen MR) is 132 cm³/mol. The molecule has 0 bridgehead atoms. The molecule has 0 spiro atoms. The van der Waals surface area contributed by atoms with Crippen LogP contribution in [0.25, 0.3) is 5.70 Å². The summed E-state index contributed by atoms with van der Waals surface area (Å²) in [5.74, 6) is 0.738. The molecule has 0 fully saturated rings. The number of rotatable bonds is 4. The maximum atomic E-state index is 13.5. The number of nitrogen functional groups attached to an aromatic ring is 1. The first-order valence-electron chi connectivity index (χ1n) is 11.2. The molecule has 1 aromatic heterocycles. The van der Waals surface area contributed by atoms with Crippen molar-refractivity contribution in [2.75, 3.05) is 17.7 Å². The van der Waals surface area contributed by atoms with Gasteiger partial charge in [0.05, 0.1) is 17.5 Å². The molecule has 3 aliphatic rings. The SMILES string of the molecule is C[C@@]1(c2ccc(F)cc2)C(=O)Nc2nc(C3=CN4NCN=C4C(Cc4cccc(O)c4)=N3)nc(N)c21. The number of carbonyl (C=O) groups is 1. The van der Waals surface area contributed by atoms with Crippen molar-refractivity contribution < 1.29 is 14.3 Å². The fourth-order valence-corrected chi connectivity index (χ4v) is 4.69. The lowest BCUT2D eigenvalue weighted by Crippen LogP contribution is -2.39. The lowest BCUT2D eigenvalue weighted by molar-refractivity contribution is -0.119. The van der Waals surface area contributed by atoms with Gasteiger partial charge in [-0.2, -0.15) is 0 Å². The Hall–Kier alpha value is -4.64. The first-order valence-corrected chi connectivity index (χ1v) is 11.2. The number of aromatic hydroxyl groups is 1. The third kappa shape index (κ3) is 3.40. The highest BCUT2D eigenvalue weighted by Crippen LogP contribution is 2.44. The molecule has 3 aliphatic heterocycles. The summed E-state index contributed by atoms with van der Waals surface area (Å²) in [6, 6.07) is 12.6. The molecule has 5 N–H and O–H groups in total. The van der Waals surface area contributed by atoms with Crippen molar-refractivity contribution in [2.24, 2.45) is 9.98 Å². The fourth-order valence-electron chi connectivity index (χ4n) is 4.69. The Kier molecular flexibility index (Phi) is 4.83. The molecule has 0 saturated carbocycles. The number of nitrogens with zero attached hydrogens (tertiary/aromatic N) is 5. The first-order chi connectivity index (χ1) is 17.3. The number of aliphatic imine (C=N–C) groups is 2. The molecule has 36 heavy (non-hydrogen) atoms. The van der Waals surface area contributed by atoms with Crippen molar-refractivity contribution in [3.8, 4) is 5.75 Å². The summed E-state index contributed by atoms with van der Waals surface area (Å²) in [7, 11) is 0. The highest BCUT2D eigenvalue weighted by atomic mass is 19.1. The number of halogens is 1. The van der Waals surface area contributed by atoms with Gasteiger partial charge in [-0.1, -0.05) is 24.3 Å². The molecule has 0 unspecified atom stereocenters. The van der Waals surface area contributed by atoms with Gasteiger partial charge in [-0.15, -0.1) is 0 Å². The smallest absolute Gasteiger partial charge is 0.240 e. The zero-order chi connectivity index (χ0) is 25.0. The van der Waals surface area contributed by atoms with Gasteiger partial charge < -0.3 is 16.2 Å². The van der Waals surface area contributed by atoms with E-state index in [0.29, 0.717) is 41.5 Å². The zero-order valence-electron chi connectivity index (χ0n) is 19.2. The number of amidine groups is 1. The Morgan fingerprint density at radius 2 is 2.00 bits per heavy atom. The Balaban J connectivity index is 1.41. The molecule has 1 atom stereocenters.